The van der Waals surface area contributed by atoms with Crippen LogP contribution in [0.1, 0.15) is 27.9 Å². The summed E-state index contributed by atoms with van der Waals surface area (Å²) in [6.07, 6.45) is -0.194. The average molecular weight is 299 g/mol. The van der Waals surface area contributed by atoms with E-state index in [0.717, 1.165) is 5.56 Å². The summed E-state index contributed by atoms with van der Waals surface area (Å²) in [5, 5.41) is 10.8. The van der Waals surface area contributed by atoms with Gasteiger partial charge in [0.05, 0.1) is 5.56 Å². The molecule has 0 saturated carbocycles. The van der Waals surface area contributed by atoms with Crippen molar-refractivity contribution in [1.29, 1.82) is 0 Å². The number of nitrogens with zero attached hydrogens (tertiary/aromatic N) is 4. The first-order valence-corrected chi connectivity index (χ1v) is 6.43. The van der Waals surface area contributed by atoms with Gasteiger partial charge in [-0.25, -0.2) is 9.42 Å². The van der Waals surface area contributed by atoms with Crippen LogP contribution in [0.5, 0.6) is 0 Å². The normalized spacial score (nSPS) is 17.1. The fourth-order valence-corrected chi connectivity index (χ4v) is 2.28. The van der Waals surface area contributed by atoms with E-state index in [4.69, 9.17) is 15.0 Å². The zero-order valence-corrected chi connectivity index (χ0v) is 11.1. The maximum absolute atomic E-state index is 12.0. The third-order valence-corrected chi connectivity index (χ3v) is 3.33. The van der Waals surface area contributed by atoms with Crippen LogP contribution in [0, 0.1) is 0 Å². The molecule has 2 N–H and O–H groups in total. The van der Waals surface area contributed by atoms with E-state index in [-0.39, 0.29) is 23.2 Å². The van der Waals surface area contributed by atoms with Crippen LogP contribution in [-0.4, -0.2) is 26.4 Å². The fraction of sp³-hybridized carbons (Fsp3) is 0.154. The number of nitrogens with two attached hydrogens (primary N) is 1. The number of anilines is 1. The number of hydrogen-bond donors (Lipinski definition) is 1. The number of carbonyl (C=O) groups is 1. The molecule has 3 heterocycles. The second-order valence-corrected chi connectivity index (χ2v) is 4.71. The molecule has 9 nitrogen and oxygen atoms in total. The van der Waals surface area contributed by atoms with E-state index in [9.17, 15) is 4.79 Å². The molecule has 1 atom stereocenters. The Bertz CT molecular complexity index is 855. The van der Waals surface area contributed by atoms with Gasteiger partial charge in [0.1, 0.15) is 0 Å². The van der Waals surface area contributed by atoms with Gasteiger partial charge in [0.15, 0.2) is 17.6 Å². The summed E-state index contributed by atoms with van der Waals surface area (Å²) >= 11 is 0. The number of nitrogen functional groups attached to an aromatic ring is 1. The van der Waals surface area contributed by atoms with Gasteiger partial charge in [-0.1, -0.05) is 23.4 Å². The molecule has 110 valence electrons. The summed E-state index contributed by atoms with van der Waals surface area (Å²) in [7, 11) is 0. The van der Waals surface area contributed by atoms with Crippen molar-refractivity contribution >= 4 is 11.8 Å². The van der Waals surface area contributed by atoms with Gasteiger partial charge in [-0.2, -0.15) is 4.98 Å². The molecule has 0 radical (unpaired) electrons. The molecule has 4 rings (SSSR count). The maximum atomic E-state index is 12.0. The van der Waals surface area contributed by atoms with Crippen LogP contribution in [-0.2, 0) is 11.2 Å². The van der Waals surface area contributed by atoms with E-state index in [1.807, 2.05) is 12.1 Å². The van der Waals surface area contributed by atoms with Crippen molar-refractivity contribution in [3.05, 3.63) is 41.3 Å². The van der Waals surface area contributed by atoms with Crippen LogP contribution in [0.2, 0.25) is 0 Å². The number of esters is 1. The molecule has 2 aromatic heterocycles. The Morgan fingerprint density at radius 1 is 1.18 bits per heavy atom. The van der Waals surface area contributed by atoms with Crippen molar-refractivity contribution in [1.82, 2.24) is 20.5 Å². The first-order valence-electron chi connectivity index (χ1n) is 6.43. The topological polar surface area (TPSA) is 130 Å². The largest absolute Gasteiger partial charge is 0.448 e. The maximum Gasteiger partial charge on any atom is 0.339 e. The van der Waals surface area contributed by atoms with Gasteiger partial charge in [-0.05, 0) is 21.9 Å². The van der Waals surface area contributed by atoms with Crippen LogP contribution >= 0.6 is 0 Å². The Hall–Kier alpha value is -3.23. The molecule has 1 unspecified atom stereocenters. The van der Waals surface area contributed by atoms with Gasteiger partial charge in [0.2, 0.25) is 5.82 Å². The third kappa shape index (κ3) is 1.91. The molecule has 0 bridgehead atoms. The van der Waals surface area contributed by atoms with Gasteiger partial charge in [0, 0.05) is 6.42 Å². The van der Waals surface area contributed by atoms with Crippen LogP contribution in [0.4, 0.5) is 5.82 Å². The lowest BCUT2D eigenvalue weighted by molar-refractivity contribution is 0.0168. The molecule has 9 heteroatoms. The lowest BCUT2D eigenvalue weighted by Gasteiger charge is -2.21. The van der Waals surface area contributed by atoms with Crippen molar-refractivity contribution in [2.75, 3.05) is 5.73 Å². The molecule has 22 heavy (non-hydrogen) atoms. The second kappa shape index (κ2) is 4.65. The SMILES string of the molecule is Nc1nonc1-c1noc(C2Cc3ccccc3C(=O)O2)n1. The molecule has 0 spiro atoms. The van der Waals surface area contributed by atoms with Crippen LogP contribution in [0.3, 0.4) is 0 Å². The average Bonchev–Trinajstić information content (AvgIpc) is 3.16. The Labute approximate surface area is 123 Å². The highest BCUT2D eigenvalue weighted by molar-refractivity contribution is 5.92. The molecule has 0 amide bonds. The van der Waals surface area contributed by atoms with Crippen molar-refractivity contribution in [3.8, 4) is 11.5 Å². The first-order chi connectivity index (χ1) is 10.7. The molecular formula is C13H9N5O4. The number of hydrogen-bond acceptors (Lipinski definition) is 9. The number of rotatable bonds is 2. The number of ether oxygens (including phenoxy) is 1. The number of aromatic nitrogens is 4. The molecule has 1 aliphatic heterocycles. The number of benzene rings is 1. The minimum Gasteiger partial charge on any atom is -0.448 e. The predicted molar refractivity (Wildman–Crippen MR) is 70.3 cm³/mol. The summed E-state index contributed by atoms with van der Waals surface area (Å²) in [6.45, 7) is 0. The van der Waals surface area contributed by atoms with Crippen LogP contribution in [0.25, 0.3) is 11.5 Å². The molecule has 1 aliphatic rings. The van der Waals surface area contributed by atoms with Gasteiger partial charge in [-0.3, -0.25) is 0 Å². The Morgan fingerprint density at radius 3 is 2.86 bits per heavy atom. The zero-order chi connectivity index (χ0) is 15.1. The minimum absolute atomic E-state index is 0.0540. The molecular weight excluding hydrogens is 290 g/mol. The van der Waals surface area contributed by atoms with E-state index in [1.165, 1.54) is 0 Å². The monoisotopic (exact) mass is 299 g/mol. The lowest BCUT2D eigenvalue weighted by atomic mass is 9.99. The highest BCUT2D eigenvalue weighted by Crippen LogP contribution is 2.30. The van der Waals surface area contributed by atoms with Crippen molar-refractivity contribution < 1.29 is 18.7 Å². The second-order valence-electron chi connectivity index (χ2n) is 4.71. The van der Waals surface area contributed by atoms with Gasteiger partial charge in [-0.15, -0.1) is 0 Å². The highest BCUT2D eigenvalue weighted by atomic mass is 16.6. The molecule has 3 aromatic rings. The predicted octanol–water partition coefficient (Wildman–Crippen LogP) is 1.16. The van der Waals surface area contributed by atoms with Crippen molar-refractivity contribution in [2.45, 2.75) is 12.5 Å². The zero-order valence-electron chi connectivity index (χ0n) is 11.1. The van der Waals surface area contributed by atoms with Gasteiger partial charge in [0.25, 0.3) is 5.89 Å². The summed E-state index contributed by atoms with van der Waals surface area (Å²) in [4.78, 5) is 16.1. The molecule has 1 aromatic carbocycles. The number of cyclic esters (lactones) is 1. The van der Waals surface area contributed by atoms with E-state index in [1.54, 1.807) is 12.1 Å². The Morgan fingerprint density at radius 2 is 2.05 bits per heavy atom. The number of fused-ring (bicyclic) bond motifs is 1. The van der Waals surface area contributed by atoms with E-state index < -0.39 is 12.1 Å². The third-order valence-electron chi connectivity index (χ3n) is 3.33. The number of carbonyl (C=O) groups excluding carboxylic acids is 1. The Balaban J connectivity index is 1.66. The Kier molecular flexibility index (Phi) is 2.65. The van der Waals surface area contributed by atoms with Gasteiger partial charge < -0.3 is 15.0 Å². The summed E-state index contributed by atoms with van der Waals surface area (Å²) in [5.74, 6) is -0.0727. The van der Waals surface area contributed by atoms with E-state index in [0.29, 0.717) is 12.0 Å². The molecule has 0 fully saturated rings. The van der Waals surface area contributed by atoms with Gasteiger partial charge >= 0.3 is 5.97 Å². The minimum atomic E-state index is -0.648. The fourth-order valence-electron chi connectivity index (χ4n) is 2.28. The van der Waals surface area contributed by atoms with Crippen LogP contribution in [0.15, 0.2) is 33.4 Å². The first kappa shape index (κ1) is 12.5. The molecule has 0 saturated heterocycles. The summed E-state index contributed by atoms with van der Waals surface area (Å²) in [5.41, 5.74) is 7.16. The molecule has 0 aliphatic carbocycles. The smallest absolute Gasteiger partial charge is 0.339 e. The van der Waals surface area contributed by atoms with Crippen molar-refractivity contribution in [3.63, 3.8) is 0 Å². The van der Waals surface area contributed by atoms with E-state index in [2.05, 4.69) is 25.1 Å². The highest BCUT2D eigenvalue weighted by Gasteiger charge is 2.31. The van der Waals surface area contributed by atoms with Crippen molar-refractivity contribution in [2.24, 2.45) is 0 Å². The quantitative estimate of drug-likeness (QED) is 0.692. The standard InChI is InChI=1S/C13H9N5O4/c14-10-9(16-22-17-10)11-15-12(21-18-11)8-5-6-3-1-2-4-7(6)13(19)20-8/h1-4,8H,5H2,(H2,14,17). The lowest BCUT2D eigenvalue weighted by Crippen LogP contribution is -2.21. The van der Waals surface area contributed by atoms with Crippen LogP contribution < -0.4 is 5.73 Å². The summed E-state index contributed by atoms with van der Waals surface area (Å²) < 4.78 is 15.0. The summed E-state index contributed by atoms with van der Waals surface area (Å²) in [6, 6.07) is 7.22. The van der Waals surface area contributed by atoms with E-state index >= 15 is 0 Å².